The maximum absolute atomic E-state index is 5.29. The molecule has 0 amide bonds. The molecule has 8 bridgehead atoms. The Morgan fingerprint density at radius 3 is 1.40 bits per heavy atom. The van der Waals surface area contributed by atoms with E-state index in [1.165, 1.54) is 0 Å². The molecule has 3 aromatic heterocycles. The van der Waals surface area contributed by atoms with Crippen molar-refractivity contribution < 1.29 is 27.3 Å². The summed E-state index contributed by atoms with van der Waals surface area (Å²) in [6, 6.07) is 53.3. The van der Waals surface area contributed by atoms with E-state index >= 15 is 0 Å². The number of rotatable bonds is 4. The van der Waals surface area contributed by atoms with Crippen LogP contribution < -0.4 is 24.6 Å². The molecule has 0 saturated carbocycles. The van der Waals surface area contributed by atoms with Crippen LogP contribution in [0.4, 0.5) is 0 Å². The second-order valence-corrected chi connectivity index (χ2v) is 12.0. The SMILES string of the molecule is C1=Cc2cc3c(-c4ccccc4)c(-c4ccccc4)c(c(-c4ccccc4)c4nc(cc5ccc(cc1n2)[nH]5)C=C4)n3-c1ccccc1.N.N.N.N.[Cd]. The Kier molecular flexibility index (Phi) is 13.0. The summed E-state index contributed by atoms with van der Waals surface area (Å²) < 4.78 is 2.41. The minimum atomic E-state index is 0. The van der Waals surface area contributed by atoms with E-state index in [0.29, 0.717) is 0 Å². The van der Waals surface area contributed by atoms with Crippen molar-refractivity contribution in [2.24, 2.45) is 0 Å². The first kappa shape index (κ1) is 40.0. The third-order valence-corrected chi connectivity index (χ3v) is 8.87. The van der Waals surface area contributed by atoms with Gasteiger partial charge in [0.05, 0.1) is 33.8 Å². The Labute approximate surface area is 329 Å². The van der Waals surface area contributed by atoms with E-state index < -0.39 is 0 Å². The number of aromatic nitrogens is 4. The van der Waals surface area contributed by atoms with Gasteiger partial charge in [-0.25, -0.2) is 9.97 Å². The largest absolute Gasteiger partial charge is 0.355 e. The Hall–Kier alpha value is -5.76. The first-order valence-electron chi connectivity index (χ1n) is 16.2. The van der Waals surface area contributed by atoms with Gasteiger partial charge in [-0.05, 0) is 83.5 Å². The molecule has 2 aliphatic rings. The van der Waals surface area contributed by atoms with Crippen LogP contribution in [0, 0.1) is 0 Å². The number of benzene rings is 4. The summed E-state index contributed by atoms with van der Waals surface area (Å²) in [7, 11) is 0. The van der Waals surface area contributed by atoms with Gasteiger partial charge in [-0.15, -0.1) is 0 Å². The summed E-state index contributed by atoms with van der Waals surface area (Å²) in [5.41, 5.74) is 15.4. The second kappa shape index (κ2) is 17.2. The molecule has 0 saturated heterocycles. The quantitative estimate of drug-likeness (QED) is 0.110. The molecule has 4 aromatic carbocycles. The fourth-order valence-corrected chi connectivity index (χ4v) is 6.81. The number of nitrogens with zero attached hydrogens (tertiary/aromatic N) is 3. The summed E-state index contributed by atoms with van der Waals surface area (Å²) in [5, 5.41) is 0. The van der Waals surface area contributed by atoms with Crippen molar-refractivity contribution in [1.82, 2.24) is 44.1 Å². The van der Waals surface area contributed by atoms with Gasteiger partial charge in [0, 0.05) is 60.7 Å². The molecule has 0 unspecified atom stereocenters. The maximum atomic E-state index is 5.29. The summed E-state index contributed by atoms with van der Waals surface area (Å²) in [6.07, 6.45) is 8.44. The predicted octanol–water partition coefficient (Wildman–Crippen LogP) is 11.8. The molecule has 0 fully saturated rings. The van der Waals surface area contributed by atoms with E-state index in [1.807, 2.05) is 0 Å². The van der Waals surface area contributed by atoms with E-state index in [4.69, 9.17) is 9.97 Å². The zero-order valence-corrected chi connectivity index (χ0v) is 33.7. The van der Waals surface area contributed by atoms with Crippen LogP contribution in [0.5, 0.6) is 0 Å². The van der Waals surface area contributed by atoms with E-state index in [1.54, 1.807) is 0 Å². The summed E-state index contributed by atoms with van der Waals surface area (Å²) in [6.45, 7) is 0. The van der Waals surface area contributed by atoms with Crippen LogP contribution in [0.25, 0.3) is 85.4 Å². The van der Waals surface area contributed by atoms with Crippen LogP contribution in [0.1, 0.15) is 22.8 Å². The first-order chi connectivity index (χ1) is 23.8. The summed E-state index contributed by atoms with van der Waals surface area (Å²) >= 11 is 0. The Bertz CT molecular complexity index is 2540. The third kappa shape index (κ3) is 7.58. The molecule has 9 heteroatoms. The molecule has 9 rings (SSSR count). The van der Waals surface area contributed by atoms with Crippen molar-refractivity contribution in [3.63, 3.8) is 0 Å². The van der Waals surface area contributed by atoms with Crippen LogP contribution in [0.3, 0.4) is 0 Å². The monoisotopic (exact) mass is 796 g/mol. The Balaban J connectivity index is 0.00000125. The minimum Gasteiger partial charge on any atom is -0.355 e. The summed E-state index contributed by atoms with van der Waals surface area (Å²) in [5.74, 6) is 0. The molecule has 53 heavy (non-hydrogen) atoms. The fourth-order valence-electron chi connectivity index (χ4n) is 6.81. The van der Waals surface area contributed by atoms with Crippen molar-refractivity contribution in [2.75, 3.05) is 0 Å². The number of hydrogen-bond donors (Lipinski definition) is 5. The fraction of sp³-hybridized carbons (Fsp3) is 0. The van der Waals surface area contributed by atoms with E-state index in [0.717, 1.165) is 83.9 Å². The van der Waals surface area contributed by atoms with Crippen LogP contribution in [-0.2, 0) is 27.3 Å². The molecule has 2 aliphatic heterocycles. The van der Waals surface area contributed by atoms with Gasteiger partial charge < -0.3 is 34.2 Å². The molecular weight excluding hydrogens is 753 g/mol. The molecule has 0 aliphatic carbocycles. The van der Waals surface area contributed by atoms with Gasteiger partial charge in [0.15, 0.2) is 0 Å². The van der Waals surface area contributed by atoms with Crippen molar-refractivity contribution in [1.29, 1.82) is 0 Å². The van der Waals surface area contributed by atoms with E-state index in [9.17, 15) is 0 Å². The third-order valence-electron chi connectivity index (χ3n) is 8.87. The molecule has 260 valence electrons. The van der Waals surface area contributed by atoms with E-state index in [-0.39, 0.29) is 51.9 Å². The van der Waals surface area contributed by atoms with Gasteiger partial charge in [-0.2, -0.15) is 0 Å². The number of nitrogens with one attached hydrogen (secondary N) is 1. The number of para-hydroxylation sites is 1. The number of fused-ring (bicyclic) bond motifs is 8. The van der Waals surface area contributed by atoms with Gasteiger partial charge in [-0.3, -0.25) is 0 Å². The second-order valence-electron chi connectivity index (χ2n) is 12.0. The Morgan fingerprint density at radius 1 is 0.415 bits per heavy atom. The van der Waals surface area contributed by atoms with Crippen LogP contribution >= 0.6 is 0 Å². The first-order valence-corrected chi connectivity index (χ1v) is 16.2. The Morgan fingerprint density at radius 2 is 0.849 bits per heavy atom. The van der Waals surface area contributed by atoms with Gasteiger partial charge in [0.25, 0.3) is 0 Å². The number of hydrogen-bond acceptors (Lipinski definition) is 6. The number of aromatic amines is 1. The molecule has 7 aromatic rings. The maximum Gasteiger partial charge on any atom is 0.0737 e. The molecule has 0 radical (unpaired) electrons. The smallest absolute Gasteiger partial charge is 0.0737 e. The van der Waals surface area contributed by atoms with E-state index in [2.05, 4.69) is 186 Å². The van der Waals surface area contributed by atoms with Crippen LogP contribution in [0.2, 0.25) is 0 Å². The molecule has 0 spiro atoms. The van der Waals surface area contributed by atoms with Crippen molar-refractivity contribution in [3.8, 4) is 39.1 Å². The van der Waals surface area contributed by atoms with Gasteiger partial charge in [0.1, 0.15) is 0 Å². The standard InChI is InChI=1S/C44H30N4.Cd.4H3N/c1-5-13-30(14-6-1)41-39-26-25-36(47-39)28-35-22-21-33(45-35)27-34-23-24-37(46-34)29-40-42(31-15-7-2-8-16-31)43(32-17-9-3-10-18-32)44(41)48(40)38-19-11-4-12-20-38;;;;;/h1-29,45H;;4*1H3. The molecular formula is C44H42CdN8. The average molecular weight is 795 g/mol. The van der Waals surface area contributed by atoms with Gasteiger partial charge >= 0.3 is 0 Å². The minimum absolute atomic E-state index is 0. The van der Waals surface area contributed by atoms with Crippen LogP contribution in [0.15, 0.2) is 152 Å². The molecule has 0 atom stereocenters. The summed E-state index contributed by atoms with van der Waals surface area (Å²) in [4.78, 5) is 13.9. The molecule has 8 nitrogen and oxygen atoms in total. The van der Waals surface area contributed by atoms with Crippen molar-refractivity contribution in [3.05, 3.63) is 174 Å². The zero-order chi connectivity index (χ0) is 31.9. The normalized spacial score (nSPS) is 10.9. The van der Waals surface area contributed by atoms with Gasteiger partial charge in [-0.1, -0.05) is 109 Å². The average Bonchev–Trinajstić information content (AvgIpc) is 3.95. The van der Waals surface area contributed by atoms with Gasteiger partial charge in [0.2, 0.25) is 0 Å². The van der Waals surface area contributed by atoms with Crippen molar-refractivity contribution in [2.45, 2.75) is 0 Å². The number of H-pyrrole nitrogens is 1. The zero-order valence-electron chi connectivity index (χ0n) is 29.6. The van der Waals surface area contributed by atoms with Crippen molar-refractivity contribution >= 4 is 46.4 Å². The topological polar surface area (TPSA) is 186 Å². The molecule has 13 N–H and O–H groups in total. The molecule has 5 heterocycles. The van der Waals surface area contributed by atoms with Crippen LogP contribution in [-0.4, -0.2) is 19.5 Å². The predicted molar refractivity (Wildman–Crippen MR) is 220 cm³/mol.